The van der Waals surface area contributed by atoms with E-state index < -0.39 is 11.6 Å². The van der Waals surface area contributed by atoms with Gasteiger partial charge in [-0.05, 0) is 90.0 Å². The van der Waals surface area contributed by atoms with Crippen LogP contribution in [0.15, 0.2) is 36.7 Å². The van der Waals surface area contributed by atoms with Crippen molar-refractivity contribution >= 4 is 28.5 Å². The maximum atomic E-state index is 12.3. The highest BCUT2D eigenvalue weighted by atomic mass is 16.5. The minimum atomic E-state index is -0.871. The van der Waals surface area contributed by atoms with E-state index in [1.165, 1.54) is 0 Å². The molecule has 0 unspecified atom stereocenters. The van der Waals surface area contributed by atoms with Gasteiger partial charge in [0, 0.05) is 54.2 Å². The van der Waals surface area contributed by atoms with Crippen molar-refractivity contribution in [2.45, 2.75) is 66.7 Å². The summed E-state index contributed by atoms with van der Waals surface area (Å²) < 4.78 is 8.80. The molecule has 1 aliphatic heterocycles. The molecule has 2 aromatic carbocycles. The Hall–Kier alpha value is -3.91. The Morgan fingerprint density at radius 2 is 1.77 bits per heavy atom. The van der Waals surface area contributed by atoms with E-state index in [1.54, 1.807) is 0 Å². The molecule has 1 aliphatic rings. The second-order valence-corrected chi connectivity index (χ2v) is 12.1. The molecular weight excluding hydrogens is 502 g/mol. The summed E-state index contributed by atoms with van der Waals surface area (Å²) in [5, 5.41) is 11.1. The molecule has 8 heteroatoms. The van der Waals surface area contributed by atoms with Crippen molar-refractivity contribution in [3.05, 3.63) is 64.6 Å². The summed E-state index contributed by atoms with van der Waals surface area (Å²) in [6, 6.07) is 8.36. The van der Waals surface area contributed by atoms with Gasteiger partial charge < -0.3 is 24.2 Å². The van der Waals surface area contributed by atoms with Crippen LogP contribution in [0, 0.1) is 20.8 Å². The highest BCUT2D eigenvalue weighted by Gasteiger charge is 2.31. The fourth-order valence-corrected chi connectivity index (χ4v) is 5.79. The number of aromatic nitrogens is 3. The van der Waals surface area contributed by atoms with Gasteiger partial charge >= 0.3 is 5.97 Å². The van der Waals surface area contributed by atoms with E-state index in [4.69, 9.17) is 14.7 Å². The number of hydrogen-bond acceptors (Lipinski definition) is 6. The number of carboxylic acids is 1. The normalized spacial score (nSPS) is 13.4. The smallest absolute Gasteiger partial charge is 0.307 e. The van der Waals surface area contributed by atoms with Gasteiger partial charge in [0.05, 0.1) is 17.6 Å². The monoisotopic (exact) mass is 541 g/mol. The summed E-state index contributed by atoms with van der Waals surface area (Å²) in [7, 11) is 4.04. The highest BCUT2D eigenvalue weighted by molar-refractivity contribution is 6.08. The van der Waals surface area contributed by atoms with Crippen molar-refractivity contribution in [1.29, 1.82) is 0 Å². The average Bonchev–Trinajstić information content (AvgIpc) is 3.18. The van der Waals surface area contributed by atoms with Crippen LogP contribution in [0.4, 0.5) is 11.6 Å². The van der Waals surface area contributed by atoms with Gasteiger partial charge in [-0.3, -0.25) is 4.79 Å². The molecule has 5 rings (SSSR count). The largest absolute Gasteiger partial charge is 0.487 e. The van der Waals surface area contributed by atoms with Crippen LogP contribution < -0.4 is 9.64 Å². The molecule has 1 N–H and O–H groups in total. The zero-order valence-electron chi connectivity index (χ0n) is 24.8. The summed E-state index contributed by atoms with van der Waals surface area (Å²) in [5.74, 6) is 0.508. The molecule has 210 valence electrons. The molecule has 0 radical (unpaired) electrons. The molecule has 0 saturated carbocycles. The molecule has 8 nitrogen and oxygen atoms in total. The Morgan fingerprint density at radius 3 is 2.40 bits per heavy atom. The summed E-state index contributed by atoms with van der Waals surface area (Å²) in [6.07, 6.45) is 3.65. The maximum absolute atomic E-state index is 12.3. The number of aliphatic carboxylic acids is 1. The summed E-state index contributed by atoms with van der Waals surface area (Å²) in [6.45, 7) is 14.5. The molecule has 4 aromatic rings. The molecule has 2 aromatic heterocycles. The van der Waals surface area contributed by atoms with Crippen molar-refractivity contribution < 1.29 is 14.6 Å². The number of anilines is 2. The number of carbonyl (C=O) groups is 1. The van der Waals surface area contributed by atoms with E-state index in [0.717, 1.165) is 74.5 Å². The molecule has 0 spiro atoms. The first-order chi connectivity index (χ1) is 18.8. The van der Waals surface area contributed by atoms with E-state index in [2.05, 4.69) is 39.5 Å². The Bertz CT molecular complexity index is 1600. The van der Waals surface area contributed by atoms with Crippen molar-refractivity contribution in [1.82, 2.24) is 19.4 Å². The van der Waals surface area contributed by atoms with Crippen LogP contribution in [-0.4, -0.2) is 56.8 Å². The molecule has 0 fully saturated rings. The Balaban J connectivity index is 1.79. The fraction of sp³-hybridized carbons (Fsp3) is 0.406. The van der Waals surface area contributed by atoms with Crippen LogP contribution in [0.2, 0.25) is 0 Å². The lowest BCUT2D eigenvalue weighted by Gasteiger charge is -2.33. The van der Waals surface area contributed by atoms with Gasteiger partial charge in [0.15, 0.2) is 0 Å². The quantitative estimate of drug-likeness (QED) is 0.305. The Morgan fingerprint density at radius 1 is 1.07 bits per heavy atom. The molecule has 0 aliphatic carbocycles. The summed E-state index contributed by atoms with van der Waals surface area (Å²) in [4.78, 5) is 26.0. The number of hydrogen-bond donors (Lipinski definition) is 1. The SMILES string of the molecule is Cc1ccc(-c2c(CC(=O)O)c(C)c3c4c2cc(C)n4CCN3c2ncc(CN(C)C)cn2)c(OC(C)(C)C)c1. The predicted octanol–water partition coefficient (Wildman–Crippen LogP) is 6.04. The second kappa shape index (κ2) is 10.2. The number of carboxylic acid groups (broad SMARTS) is 1. The van der Waals surface area contributed by atoms with Crippen LogP contribution in [0.1, 0.15) is 48.7 Å². The lowest BCUT2D eigenvalue weighted by Crippen LogP contribution is -2.30. The third-order valence-corrected chi connectivity index (χ3v) is 7.31. The van der Waals surface area contributed by atoms with E-state index in [1.807, 2.05) is 67.2 Å². The highest BCUT2D eigenvalue weighted by Crippen LogP contribution is 2.48. The van der Waals surface area contributed by atoms with Crippen molar-refractivity contribution in [3.8, 4) is 16.9 Å². The van der Waals surface area contributed by atoms with Gasteiger partial charge in [-0.1, -0.05) is 12.1 Å². The van der Waals surface area contributed by atoms with E-state index >= 15 is 0 Å². The van der Waals surface area contributed by atoms with Crippen LogP contribution in [-0.2, 0) is 24.3 Å². The third kappa shape index (κ3) is 5.16. The van der Waals surface area contributed by atoms with Gasteiger partial charge in [0.2, 0.25) is 5.95 Å². The van der Waals surface area contributed by atoms with Gasteiger partial charge in [0.1, 0.15) is 11.4 Å². The number of benzene rings is 2. The molecular formula is C32H39N5O3. The van der Waals surface area contributed by atoms with E-state index in [0.29, 0.717) is 12.5 Å². The van der Waals surface area contributed by atoms with E-state index in [-0.39, 0.29) is 6.42 Å². The minimum absolute atomic E-state index is 0.104. The van der Waals surface area contributed by atoms with Gasteiger partial charge in [0.25, 0.3) is 0 Å². The molecule has 0 amide bonds. The summed E-state index contributed by atoms with van der Waals surface area (Å²) in [5.41, 5.74) is 8.43. The third-order valence-electron chi connectivity index (χ3n) is 7.31. The fourth-order valence-electron chi connectivity index (χ4n) is 5.79. The van der Waals surface area contributed by atoms with Gasteiger partial charge in [-0.25, -0.2) is 9.97 Å². The zero-order chi connectivity index (χ0) is 28.9. The number of aryl methyl sites for hydroxylation is 2. The Labute approximate surface area is 236 Å². The van der Waals surface area contributed by atoms with E-state index in [9.17, 15) is 9.90 Å². The molecule has 0 saturated heterocycles. The number of ether oxygens (including phenoxy) is 1. The lowest BCUT2D eigenvalue weighted by atomic mass is 9.88. The molecule has 0 bridgehead atoms. The van der Waals surface area contributed by atoms with Crippen LogP contribution in [0.5, 0.6) is 5.75 Å². The standard InChI is InChI=1S/C32H39N5O3/c1-19-9-10-23(26(13-19)40-32(4,5)6)28-24(15-27(38)39)21(3)29-30-25(28)14-20(2)36(30)11-12-37(29)31-33-16-22(17-34-31)18-35(7)8/h9-10,13-14,16-17H,11-12,15,18H2,1-8H3,(H,38,39). The van der Waals surface area contributed by atoms with Crippen molar-refractivity contribution in [3.63, 3.8) is 0 Å². The molecule has 40 heavy (non-hydrogen) atoms. The average molecular weight is 542 g/mol. The minimum Gasteiger partial charge on any atom is -0.487 e. The number of rotatable bonds is 7. The molecule has 3 heterocycles. The maximum Gasteiger partial charge on any atom is 0.307 e. The number of nitrogens with zero attached hydrogens (tertiary/aromatic N) is 5. The first-order valence-electron chi connectivity index (χ1n) is 13.7. The van der Waals surface area contributed by atoms with Crippen molar-refractivity contribution in [2.75, 3.05) is 25.5 Å². The van der Waals surface area contributed by atoms with Crippen LogP contribution >= 0.6 is 0 Å². The first-order valence-corrected chi connectivity index (χ1v) is 13.7. The van der Waals surface area contributed by atoms with Crippen LogP contribution in [0.25, 0.3) is 22.0 Å². The second-order valence-electron chi connectivity index (χ2n) is 12.1. The zero-order valence-corrected chi connectivity index (χ0v) is 24.8. The van der Waals surface area contributed by atoms with Gasteiger partial charge in [-0.15, -0.1) is 0 Å². The molecule has 0 atom stereocenters. The van der Waals surface area contributed by atoms with Crippen molar-refractivity contribution in [2.24, 2.45) is 0 Å². The summed E-state index contributed by atoms with van der Waals surface area (Å²) >= 11 is 0. The lowest BCUT2D eigenvalue weighted by molar-refractivity contribution is -0.136. The topological polar surface area (TPSA) is 83.7 Å². The first kappa shape index (κ1) is 27.6. The van der Waals surface area contributed by atoms with Gasteiger partial charge in [-0.2, -0.15) is 0 Å². The Kier molecular flexibility index (Phi) is 7.08. The predicted molar refractivity (Wildman–Crippen MR) is 160 cm³/mol. The van der Waals surface area contributed by atoms with Crippen LogP contribution in [0.3, 0.4) is 0 Å².